The van der Waals surface area contributed by atoms with Crippen LogP contribution >= 0.6 is 0 Å². The van der Waals surface area contributed by atoms with Crippen LogP contribution in [0.4, 0.5) is 22.0 Å². The van der Waals surface area contributed by atoms with E-state index in [0.29, 0.717) is 17.6 Å². The molecule has 0 spiro atoms. The number of halogens is 1. The lowest BCUT2D eigenvalue weighted by Gasteiger charge is -2.26. The fraction of sp³-hybridized carbons (Fsp3) is 0.476. The zero-order valence-electron chi connectivity index (χ0n) is 17.4. The molecular weight excluding hydrogens is 369 g/mol. The van der Waals surface area contributed by atoms with Crippen molar-refractivity contribution >= 4 is 28.7 Å². The molecule has 2 aromatic heterocycles. The summed E-state index contributed by atoms with van der Waals surface area (Å²) in [6.45, 7) is 9.99. The van der Waals surface area contributed by atoms with Crippen LogP contribution in [-0.2, 0) is 0 Å². The molecule has 1 aliphatic heterocycles. The second kappa shape index (κ2) is 7.59. The molecule has 4 rings (SSSR count). The number of benzene rings is 1. The van der Waals surface area contributed by atoms with Crippen molar-refractivity contribution in [3.63, 3.8) is 0 Å². The Balaban J connectivity index is 1.79. The van der Waals surface area contributed by atoms with Gasteiger partial charge < -0.3 is 16.0 Å². The molecule has 3 aromatic rings. The Bertz CT molecular complexity index is 996. The molecule has 1 fully saturated rings. The smallest absolute Gasteiger partial charge is 0.225 e. The van der Waals surface area contributed by atoms with E-state index in [2.05, 4.69) is 46.3 Å². The molecule has 0 unspecified atom stereocenters. The normalized spacial score (nSPS) is 15.6. The van der Waals surface area contributed by atoms with Gasteiger partial charge in [0.2, 0.25) is 11.9 Å². The first-order valence-electron chi connectivity index (χ1n) is 10.1. The summed E-state index contributed by atoms with van der Waals surface area (Å²) in [5, 5.41) is 10.0. The second-order valence-electron chi connectivity index (χ2n) is 8.71. The van der Waals surface area contributed by atoms with Crippen LogP contribution in [0.25, 0.3) is 11.2 Å². The molecule has 1 aliphatic rings. The zero-order valence-corrected chi connectivity index (χ0v) is 17.4. The third-order valence-corrected chi connectivity index (χ3v) is 4.89. The number of aromatic nitrogens is 4. The van der Waals surface area contributed by atoms with Gasteiger partial charge in [0.15, 0.2) is 5.65 Å². The highest BCUT2D eigenvalue weighted by Gasteiger charge is 2.23. The van der Waals surface area contributed by atoms with Crippen LogP contribution < -0.4 is 16.0 Å². The highest BCUT2D eigenvalue weighted by atomic mass is 19.1. The Morgan fingerprint density at radius 2 is 1.90 bits per heavy atom. The van der Waals surface area contributed by atoms with Crippen LogP contribution in [0.5, 0.6) is 0 Å². The number of hydrogen-bond acceptors (Lipinski definition) is 6. The Kier molecular flexibility index (Phi) is 5.12. The number of nitrogens with zero attached hydrogens (tertiary/aromatic N) is 4. The van der Waals surface area contributed by atoms with Gasteiger partial charge in [0, 0.05) is 17.3 Å². The number of hydrogen-bond donors (Lipinski definition) is 3. The maximum atomic E-state index is 13.9. The average molecular weight is 398 g/mol. The summed E-state index contributed by atoms with van der Waals surface area (Å²) in [7, 11) is 0. The van der Waals surface area contributed by atoms with E-state index in [1.165, 1.54) is 12.1 Å². The van der Waals surface area contributed by atoms with Crippen molar-refractivity contribution in [3.8, 4) is 0 Å². The summed E-state index contributed by atoms with van der Waals surface area (Å²) < 4.78 is 16.0. The summed E-state index contributed by atoms with van der Waals surface area (Å²) in [4.78, 5) is 13.9. The minimum Gasteiger partial charge on any atom is -0.350 e. The summed E-state index contributed by atoms with van der Waals surface area (Å²) in [5.74, 6) is 0.973. The number of nitrogens with one attached hydrogen (secondary N) is 3. The van der Waals surface area contributed by atoms with E-state index < -0.39 is 0 Å². The number of rotatable bonds is 4. The topological polar surface area (TPSA) is 79.7 Å². The standard InChI is InChI=1S/C21H28FN7/c1-13-9-14(22)11-15(10-13)25-20-26-17-12-24-19(28-21(2,3)4)27-18(17)29(20)16-5-7-23-8-6-16/h9-12,16,23H,5-8H2,1-4H3,(H,25,26)(H,24,27,28). The predicted octanol–water partition coefficient (Wildman–Crippen LogP) is 4.15. The maximum Gasteiger partial charge on any atom is 0.225 e. The molecule has 1 aromatic carbocycles. The summed E-state index contributed by atoms with van der Waals surface area (Å²) in [6.07, 6.45) is 3.71. The fourth-order valence-electron chi connectivity index (χ4n) is 3.72. The van der Waals surface area contributed by atoms with Gasteiger partial charge in [0.1, 0.15) is 11.3 Å². The molecule has 7 nitrogen and oxygen atoms in total. The van der Waals surface area contributed by atoms with E-state index in [-0.39, 0.29) is 17.4 Å². The molecule has 3 N–H and O–H groups in total. The van der Waals surface area contributed by atoms with Crippen molar-refractivity contribution < 1.29 is 4.39 Å². The Hall–Kier alpha value is -2.74. The Labute approximate surface area is 170 Å². The van der Waals surface area contributed by atoms with Crippen LogP contribution in [0.2, 0.25) is 0 Å². The number of aryl methyl sites for hydroxylation is 1. The van der Waals surface area contributed by atoms with E-state index >= 15 is 0 Å². The molecule has 154 valence electrons. The van der Waals surface area contributed by atoms with Crippen molar-refractivity contribution in [2.75, 3.05) is 23.7 Å². The van der Waals surface area contributed by atoms with Gasteiger partial charge in [0.05, 0.1) is 6.20 Å². The van der Waals surface area contributed by atoms with Gasteiger partial charge in [-0.15, -0.1) is 0 Å². The SMILES string of the molecule is Cc1cc(F)cc(Nc2nc3cnc(NC(C)(C)C)nc3n2C2CCNCC2)c1. The first kappa shape index (κ1) is 19.6. The Morgan fingerprint density at radius 1 is 1.14 bits per heavy atom. The maximum absolute atomic E-state index is 13.9. The fourth-order valence-corrected chi connectivity index (χ4v) is 3.72. The molecule has 3 heterocycles. The van der Waals surface area contributed by atoms with Crippen LogP contribution in [0, 0.1) is 12.7 Å². The third-order valence-electron chi connectivity index (χ3n) is 4.89. The van der Waals surface area contributed by atoms with Crippen molar-refractivity contribution in [2.45, 2.75) is 52.1 Å². The lowest BCUT2D eigenvalue weighted by Crippen LogP contribution is -2.30. The van der Waals surface area contributed by atoms with E-state index in [4.69, 9.17) is 9.97 Å². The van der Waals surface area contributed by atoms with Crippen LogP contribution in [0.15, 0.2) is 24.4 Å². The van der Waals surface area contributed by atoms with Crippen LogP contribution in [0.3, 0.4) is 0 Å². The third kappa shape index (κ3) is 4.48. The largest absolute Gasteiger partial charge is 0.350 e. The van der Waals surface area contributed by atoms with E-state index in [0.717, 1.165) is 42.7 Å². The molecule has 0 bridgehead atoms. The molecule has 0 atom stereocenters. The predicted molar refractivity (Wildman–Crippen MR) is 114 cm³/mol. The Morgan fingerprint density at radius 3 is 2.59 bits per heavy atom. The first-order chi connectivity index (χ1) is 13.8. The van der Waals surface area contributed by atoms with Crippen molar-refractivity contribution in [2.24, 2.45) is 0 Å². The van der Waals surface area contributed by atoms with Crippen molar-refractivity contribution in [3.05, 3.63) is 35.8 Å². The lowest BCUT2D eigenvalue weighted by molar-refractivity contribution is 0.377. The lowest BCUT2D eigenvalue weighted by atomic mass is 10.1. The first-order valence-corrected chi connectivity index (χ1v) is 10.1. The highest BCUT2D eigenvalue weighted by molar-refractivity contribution is 5.76. The summed E-state index contributed by atoms with van der Waals surface area (Å²) in [6, 6.07) is 5.16. The number of anilines is 3. The summed E-state index contributed by atoms with van der Waals surface area (Å²) in [5.41, 5.74) is 2.89. The molecule has 0 saturated carbocycles. The van der Waals surface area contributed by atoms with Crippen molar-refractivity contribution in [1.29, 1.82) is 0 Å². The minimum absolute atomic E-state index is 0.145. The molecule has 0 amide bonds. The quantitative estimate of drug-likeness (QED) is 0.614. The van der Waals surface area contributed by atoms with Crippen molar-refractivity contribution in [1.82, 2.24) is 24.8 Å². The number of imidazole rings is 1. The monoisotopic (exact) mass is 397 g/mol. The molecular formula is C21H28FN7. The van der Waals surface area contributed by atoms with Gasteiger partial charge in [0.25, 0.3) is 0 Å². The van der Waals surface area contributed by atoms with Crippen LogP contribution in [0.1, 0.15) is 45.2 Å². The van der Waals surface area contributed by atoms with Gasteiger partial charge >= 0.3 is 0 Å². The van der Waals surface area contributed by atoms with E-state index in [1.54, 1.807) is 6.20 Å². The zero-order chi connectivity index (χ0) is 20.6. The van der Waals surface area contributed by atoms with E-state index in [9.17, 15) is 4.39 Å². The van der Waals surface area contributed by atoms with Gasteiger partial charge in [-0.25, -0.2) is 14.4 Å². The van der Waals surface area contributed by atoms with Gasteiger partial charge in [-0.3, -0.25) is 4.57 Å². The number of fused-ring (bicyclic) bond motifs is 1. The average Bonchev–Trinajstić information content (AvgIpc) is 2.97. The molecule has 0 aliphatic carbocycles. The highest BCUT2D eigenvalue weighted by Crippen LogP contribution is 2.31. The number of piperidine rings is 1. The second-order valence-corrected chi connectivity index (χ2v) is 8.71. The van der Waals surface area contributed by atoms with Gasteiger partial charge in [-0.2, -0.15) is 4.98 Å². The van der Waals surface area contributed by atoms with Crippen LogP contribution in [-0.4, -0.2) is 38.1 Å². The summed E-state index contributed by atoms with van der Waals surface area (Å²) >= 11 is 0. The molecule has 0 radical (unpaired) electrons. The van der Waals surface area contributed by atoms with E-state index in [1.807, 2.05) is 13.0 Å². The molecule has 1 saturated heterocycles. The van der Waals surface area contributed by atoms with Gasteiger partial charge in [-0.05, 0) is 77.4 Å². The van der Waals surface area contributed by atoms with Gasteiger partial charge in [-0.1, -0.05) is 0 Å². The minimum atomic E-state index is -0.270. The molecule has 29 heavy (non-hydrogen) atoms. The molecule has 8 heteroatoms.